The molecule has 0 spiro atoms. The van der Waals surface area contributed by atoms with Crippen molar-refractivity contribution in [2.45, 2.75) is 118 Å². The maximum absolute atomic E-state index is 14.7. The van der Waals surface area contributed by atoms with Crippen molar-refractivity contribution in [3.8, 4) is 0 Å². The zero-order valence-electron chi connectivity index (χ0n) is 24.1. The van der Waals surface area contributed by atoms with Crippen molar-refractivity contribution in [1.29, 1.82) is 0 Å². The van der Waals surface area contributed by atoms with E-state index in [4.69, 9.17) is 13.6 Å². The van der Waals surface area contributed by atoms with Crippen LogP contribution in [0.5, 0.6) is 0 Å². The lowest BCUT2D eigenvalue weighted by Gasteiger charge is -2.42. The van der Waals surface area contributed by atoms with Crippen LogP contribution >= 0.6 is 7.82 Å². The zero-order valence-corrected chi connectivity index (χ0v) is 25.0. The first-order chi connectivity index (χ1) is 15.6. The van der Waals surface area contributed by atoms with Gasteiger partial charge in [-0.05, 0) is 101 Å². The van der Waals surface area contributed by atoms with E-state index in [0.29, 0.717) is 38.5 Å². The van der Waals surface area contributed by atoms with E-state index < -0.39 is 24.6 Å². The summed E-state index contributed by atoms with van der Waals surface area (Å²) in [6, 6.07) is 0. The number of hydrogen-bond donors (Lipinski definition) is 0. The highest BCUT2D eigenvalue weighted by Crippen LogP contribution is 2.61. The maximum atomic E-state index is 14.7. The van der Waals surface area contributed by atoms with Crippen molar-refractivity contribution < 1.29 is 18.1 Å². The van der Waals surface area contributed by atoms with Gasteiger partial charge in [-0.25, -0.2) is 4.57 Å². The zero-order chi connectivity index (χ0) is 27.8. The van der Waals surface area contributed by atoms with E-state index in [0.717, 1.165) is 33.4 Å². The molecule has 0 N–H and O–H groups in total. The van der Waals surface area contributed by atoms with Crippen molar-refractivity contribution >= 4 is 7.82 Å². The van der Waals surface area contributed by atoms with Gasteiger partial charge < -0.3 is 0 Å². The Morgan fingerprint density at radius 2 is 0.629 bits per heavy atom. The van der Waals surface area contributed by atoms with E-state index in [9.17, 15) is 4.57 Å². The third-order valence-electron chi connectivity index (χ3n) is 5.05. The lowest BCUT2D eigenvalue weighted by molar-refractivity contribution is -0.0541. The van der Waals surface area contributed by atoms with Crippen molar-refractivity contribution in [3.05, 3.63) is 72.9 Å². The summed E-state index contributed by atoms with van der Waals surface area (Å²) in [5.74, 6) is 0. The first-order valence-corrected chi connectivity index (χ1v) is 13.7. The standard InChI is InChI=1S/C30H51O4P/c1-22(2)16-28(13,17-23(3)4)32-35(31,33-29(14,18-24(5)6)19-25(7)8)34-30(15,20-26(9)10)21-27(11)12/h1,3,5,7,9,11,16-21H2,2,4,6,8,10,12-15H3. The molecule has 0 heterocycles. The first-order valence-electron chi connectivity index (χ1n) is 12.2. The Kier molecular flexibility index (Phi) is 12.6. The lowest BCUT2D eigenvalue weighted by Crippen LogP contribution is -2.37. The van der Waals surface area contributed by atoms with Gasteiger partial charge in [0, 0.05) is 0 Å². The number of rotatable bonds is 18. The van der Waals surface area contributed by atoms with Crippen LogP contribution in [-0.2, 0) is 18.1 Å². The van der Waals surface area contributed by atoms with Crippen LogP contribution < -0.4 is 0 Å². The molecule has 0 amide bonds. The molecule has 0 aromatic rings. The van der Waals surface area contributed by atoms with E-state index in [-0.39, 0.29) is 0 Å². The summed E-state index contributed by atoms with van der Waals surface area (Å²) < 4.78 is 34.0. The summed E-state index contributed by atoms with van der Waals surface area (Å²) >= 11 is 0. The van der Waals surface area contributed by atoms with E-state index in [1.165, 1.54) is 0 Å². The van der Waals surface area contributed by atoms with Crippen LogP contribution in [0.3, 0.4) is 0 Å². The van der Waals surface area contributed by atoms with E-state index in [1.54, 1.807) is 0 Å². The van der Waals surface area contributed by atoms with Gasteiger partial charge in [0.2, 0.25) is 0 Å². The molecule has 35 heavy (non-hydrogen) atoms. The molecular weight excluding hydrogens is 455 g/mol. The topological polar surface area (TPSA) is 44.8 Å². The van der Waals surface area contributed by atoms with Gasteiger partial charge in [-0.2, -0.15) is 0 Å². The van der Waals surface area contributed by atoms with Gasteiger partial charge in [0.1, 0.15) is 0 Å². The molecule has 0 aliphatic heterocycles. The molecule has 0 saturated heterocycles. The Balaban J connectivity index is 6.76. The van der Waals surface area contributed by atoms with Crippen LogP contribution in [0.4, 0.5) is 0 Å². The van der Waals surface area contributed by atoms with Crippen LogP contribution in [0.1, 0.15) is 101 Å². The molecular formula is C30H51O4P. The quantitative estimate of drug-likeness (QED) is 0.137. The summed E-state index contributed by atoms with van der Waals surface area (Å²) in [6.07, 6.45) is 2.87. The van der Waals surface area contributed by atoms with Gasteiger partial charge >= 0.3 is 7.82 Å². The minimum Gasteiger partial charge on any atom is -0.280 e. The summed E-state index contributed by atoms with van der Waals surface area (Å²) in [7, 11) is -4.17. The highest BCUT2D eigenvalue weighted by molar-refractivity contribution is 7.48. The lowest BCUT2D eigenvalue weighted by atomic mass is 9.91. The molecule has 5 heteroatoms. The van der Waals surface area contributed by atoms with Crippen LogP contribution in [-0.4, -0.2) is 16.8 Å². The molecule has 0 aromatic carbocycles. The van der Waals surface area contributed by atoms with E-state index >= 15 is 0 Å². The van der Waals surface area contributed by atoms with Gasteiger partial charge in [-0.15, -0.1) is 39.5 Å². The smallest absolute Gasteiger partial charge is 0.280 e. The minimum atomic E-state index is -4.17. The molecule has 0 unspecified atom stereocenters. The Morgan fingerprint density at radius 1 is 0.486 bits per heavy atom. The van der Waals surface area contributed by atoms with Crippen LogP contribution in [0.25, 0.3) is 0 Å². The second kappa shape index (κ2) is 13.2. The monoisotopic (exact) mass is 506 g/mol. The molecule has 0 radical (unpaired) electrons. The largest absolute Gasteiger partial charge is 0.476 e. The summed E-state index contributed by atoms with van der Waals surface area (Å²) in [6.45, 7) is 41.6. The summed E-state index contributed by atoms with van der Waals surface area (Å²) in [5.41, 5.74) is 2.77. The molecule has 0 atom stereocenters. The normalized spacial score (nSPS) is 12.8. The predicted octanol–water partition coefficient (Wildman–Crippen LogP) is 10.2. The predicted molar refractivity (Wildman–Crippen MR) is 153 cm³/mol. The molecule has 0 bridgehead atoms. The molecule has 0 rings (SSSR count). The van der Waals surface area contributed by atoms with Crippen molar-refractivity contribution in [3.63, 3.8) is 0 Å². The average Bonchev–Trinajstić information content (AvgIpc) is 2.46. The van der Waals surface area contributed by atoms with Gasteiger partial charge in [0.05, 0.1) is 16.8 Å². The van der Waals surface area contributed by atoms with E-state index in [2.05, 4.69) is 39.5 Å². The van der Waals surface area contributed by atoms with Crippen molar-refractivity contribution in [2.75, 3.05) is 0 Å². The Labute approximate surface area is 216 Å². The maximum Gasteiger partial charge on any atom is 0.476 e. The van der Waals surface area contributed by atoms with Crippen molar-refractivity contribution in [1.82, 2.24) is 0 Å². The third kappa shape index (κ3) is 14.0. The SMILES string of the molecule is C=C(C)CC(C)(CC(=C)C)OP(=O)(OC(C)(CC(=C)C)CC(=C)C)OC(C)(CC(=C)C)CC(=C)C. The summed E-state index contributed by atoms with van der Waals surface area (Å²) in [5, 5.41) is 0. The number of hydrogen-bond acceptors (Lipinski definition) is 4. The molecule has 0 saturated carbocycles. The minimum absolute atomic E-state index is 0.478. The molecule has 0 aromatic heterocycles. The molecule has 200 valence electrons. The summed E-state index contributed by atoms with van der Waals surface area (Å²) in [4.78, 5) is 0. The van der Waals surface area contributed by atoms with Crippen LogP contribution in [0.2, 0.25) is 0 Å². The van der Waals surface area contributed by atoms with Crippen molar-refractivity contribution in [2.24, 2.45) is 0 Å². The van der Waals surface area contributed by atoms with Gasteiger partial charge in [-0.1, -0.05) is 33.4 Å². The molecule has 0 aliphatic carbocycles. The Morgan fingerprint density at radius 3 is 0.743 bits per heavy atom. The molecule has 0 fully saturated rings. The molecule has 4 nitrogen and oxygen atoms in total. The second-order valence-electron chi connectivity index (χ2n) is 11.9. The van der Waals surface area contributed by atoms with Gasteiger partial charge in [0.15, 0.2) is 0 Å². The first kappa shape index (κ1) is 33.5. The van der Waals surface area contributed by atoms with Crippen LogP contribution in [0.15, 0.2) is 72.9 Å². The number of phosphoric acid groups is 1. The number of phosphoric ester groups is 1. The second-order valence-corrected chi connectivity index (χ2v) is 13.3. The van der Waals surface area contributed by atoms with E-state index in [1.807, 2.05) is 62.3 Å². The van der Waals surface area contributed by atoms with Crippen LogP contribution in [0, 0.1) is 0 Å². The fraction of sp³-hybridized carbons (Fsp3) is 0.600. The van der Waals surface area contributed by atoms with Gasteiger partial charge in [-0.3, -0.25) is 13.6 Å². The highest BCUT2D eigenvalue weighted by atomic mass is 31.2. The fourth-order valence-corrected chi connectivity index (χ4v) is 7.20. The molecule has 0 aliphatic rings. The third-order valence-corrected chi connectivity index (χ3v) is 7.04. The Hall–Kier alpha value is -1.45. The average molecular weight is 507 g/mol. The van der Waals surface area contributed by atoms with Gasteiger partial charge in [0.25, 0.3) is 0 Å². The Bertz CT molecular complexity index is 730. The highest BCUT2D eigenvalue weighted by Gasteiger charge is 2.47. The fourth-order valence-electron chi connectivity index (χ4n) is 5.08.